The number of nitrogens with one attached hydrogen (secondary N) is 1. The van der Waals surface area contributed by atoms with Crippen molar-refractivity contribution in [3.63, 3.8) is 0 Å². The normalized spacial score (nSPS) is 31.2. The molecule has 16 heavy (non-hydrogen) atoms. The Bertz CT molecular complexity index is 400. The van der Waals surface area contributed by atoms with Crippen molar-refractivity contribution < 1.29 is 4.74 Å². The summed E-state index contributed by atoms with van der Waals surface area (Å²) in [5, 5.41) is 4.66. The van der Waals surface area contributed by atoms with Gasteiger partial charge in [0.15, 0.2) is 0 Å². The van der Waals surface area contributed by atoms with Crippen molar-refractivity contribution in [2.24, 2.45) is 17.8 Å². The number of halogens is 2. The monoisotopic (exact) mass is 257 g/mol. The van der Waals surface area contributed by atoms with Gasteiger partial charge < -0.3 is 10.1 Å². The molecule has 86 valence electrons. The van der Waals surface area contributed by atoms with Crippen molar-refractivity contribution in [1.29, 1.82) is 0 Å². The minimum Gasteiger partial charge on any atom is -0.492 e. The molecule has 1 heterocycles. The maximum Gasteiger partial charge on any atom is 0.139 e. The summed E-state index contributed by atoms with van der Waals surface area (Å²) in [7, 11) is 0. The van der Waals surface area contributed by atoms with E-state index in [1.807, 2.05) is 0 Å². The molecule has 1 aromatic carbocycles. The first-order valence-corrected chi connectivity index (χ1v) is 6.30. The molecule has 2 unspecified atom stereocenters. The molecule has 2 atom stereocenters. The van der Waals surface area contributed by atoms with Crippen molar-refractivity contribution in [3.05, 3.63) is 28.2 Å². The average Bonchev–Trinajstić information content (AvgIpc) is 2.72. The largest absolute Gasteiger partial charge is 0.492 e. The van der Waals surface area contributed by atoms with Crippen molar-refractivity contribution >= 4 is 23.2 Å². The molecular formula is C12H13Cl2NO. The highest BCUT2D eigenvalue weighted by Crippen LogP contribution is 2.48. The van der Waals surface area contributed by atoms with Gasteiger partial charge in [-0.1, -0.05) is 23.2 Å². The Morgan fingerprint density at radius 1 is 1.25 bits per heavy atom. The molecule has 2 aliphatic rings. The molecule has 0 radical (unpaired) electrons. The Balaban J connectivity index is 1.60. The smallest absolute Gasteiger partial charge is 0.139 e. The lowest BCUT2D eigenvalue weighted by Gasteiger charge is -2.09. The Morgan fingerprint density at radius 2 is 2.00 bits per heavy atom. The van der Waals surface area contributed by atoms with E-state index < -0.39 is 0 Å². The molecule has 1 aliphatic heterocycles. The van der Waals surface area contributed by atoms with Crippen LogP contribution in [0.1, 0.15) is 0 Å². The minimum atomic E-state index is 0.633. The van der Waals surface area contributed by atoms with Gasteiger partial charge >= 0.3 is 0 Å². The molecule has 1 N–H and O–H groups in total. The summed E-state index contributed by atoms with van der Waals surface area (Å²) in [6, 6.07) is 5.32. The van der Waals surface area contributed by atoms with E-state index in [1.54, 1.807) is 18.2 Å². The van der Waals surface area contributed by atoms with Gasteiger partial charge in [0.05, 0.1) is 11.6 Å². The Labute approximate surface area is 105 Å². The molecule has 0 bridgehead atoms. The van der Waals surface area contributed by atoms with Gasteiger partial charge in [-0.25, -0.2) is 0 Å². The van der Waals surface area contributed by atoms with Crippen LogP contribution in [-0.4, -0.2) is 19.7 Å². The summed E-state index contributed by atoms with van der Waals surface area (Å²) in [5.41, 5.74) is 0. The van der Waals surface area contributed by atoms with Gasteiger partial charge in [-0.05, 0) is 37.1 Å². The molecule has 0 amide bonds. The first kappa shape index (κ1) is 10.7. The van der Waals surface area contributed by atoms with E-state index in [1.165, 1.54) is 0 Å². The number of piperidine rings is 1. The fourth-order valence-corrected chi connectivity index (χ4v) is 2.90. The second-order valence-corrected chi connectivity index (χ2v) is 5.38. The van der Waals surface area contributed by atoms with Crippen molar-refractivity contribution in [1.82, 2.24) is 5.32 Å². The third-order valence-electron chi connectivity index (χ3n) is 3.59. The maximum absolute atomic E-state index is 6.02. The molecule has 1 aliphatic carbocycles. The molecule has 1 aromatic rings. The molecule has 2 nitrogen and oxygen atoms in total. The van der Waals surface area contributed by atoms with Gasteiger partial charge in [0.25, 0.3) is 0 Å². The van der Waals surface area contributed by atoms with E-state index in [0.29, 0.717) is 21.7 Å². The van der Waals surface area contributed by atoms with Crippen molar-refractivity contribution in [2.45, 2.75) is 0 Å². The van der Waals surface area contributed by atoms with Crippen LogP contribution < -0.4 is 10.1 Å². The molecule has 1 saturated carbocycles. The molecular weight excluding hydrogens is 245 g/mol. The predicted octanol–water partition coefficient (Wildman–Crippen LogP) is 2.84. The summed E-state index contributed by atoms with van der Waals surface area (Å²) >= 11 is 11.9. The van der Waals surface area contributed by atoms with Gasteiger partial charge in [-0.2, -0.15) is 0 Å². The maximum atomic E-state index is 6.02. The Morgan fingerprint density at radius 3 is 2.75 bits per heavy atom. The third kappa shape index (κ3) is 1.90. The number of rotatable bonds is 3. The molecule has 2 fully saturated rings. The van der Waals surface area contributed by atoms with Crippen molar-refractivity contribution in [2.75, 3.05) is 19.7 Å². The molecule has 0 aromatic heterocycles. The second kappa shape index (κ2) is 4.10. The van der Waals surface area contributed by atoms with Crippen molar-refractivity contribution in [3.8, 4) is 5.75 Å². The van der Waals surface area contributed by atoms with E-state index in [-0.39, 0.29) is 0 Å². The minimum absolute atomic E-state index is 0.633. The molecule has 4 heteroatoms. The summed E-state index contributed by atoms with van der Waals surface area (Å²) in [6.45, 7) is 3.04. The van der Waals surface area contributed by atoms with Gasteiger partial charge in [0.2, 0.25) is 0 Å². The first-order chi connectivity index (χ1) is 7.75. The van der Waals surface area contributed by atoms with E-state index in [9.17, 15) is 0 Å². The van der Waals surface area contributed by atoms with Crippen LogP contribution in [0.5, 0.6) is 5.75 Å². The van der Waals surface area contributed by atoms with Gasteiger partial charge in [-0.3, -0.25) is 0 Å². The van der Waals surface area contributed by atoms with Crippen LogP contribution in [0, 0.1) is 17.8 Å². The average molecular weight is 258 g/mol. The number of hydrogen-bond donors (Lipinski definition) is 1. The molecule has 1 saturated heterocycles. The second-order valence-electron chi connectivity index (χ2n) is 4.54. The van der Waals surface area contributed by atoms with Crippen LogP contribution in [0.25, 0.3) is 0 Å². The Kier molecular flexibility index (Phi) is 2.74. The van der Waals surface area contributed by atoms with E-state index in [2.05, 4.69) is 5.32 Å². The standard InChI is InChI=1S/C12H13Cl2NO/c13-7-1-2-11(14)12(3-7)16-6-10-8-4-15-5-9(8)10/h1-3,8-10,15H,4-6H2. The highest BCUT2D eigenvalue weighted by molar-refractivity contribution is 6.34. The zero-order chi connectivity index (χ0) is 11.1. The van der Waals surface area contributed by atoms with Crippen LogP contribution >= 0.6 is 23.2 Å². The van der Waals surface area contributed by atoms with Gasteiger partial charge in [0, 0.05) is 17.0 Å². The number of benzene rings is 1. The van der Waals surface area contributed by atoms with E-state index in [4.69, 9.17) is 27.9 Å². The van der Waals surface area contributed by atoms with E-state index in [0.717, 1.165) is 31.5 Å². The Hall–Kier alpha value is -0.440. The summed E-state index contributed by atoms with van der Waals surface area (Å²) < 4.78 is 5.73. The SMILES string of the molecule is Clc1ccc(Cl)c(OCC2C3CNCC32)c1. The summed E-state index contributed by atoms with van der Waals surface area (Å²) in [6.07, 6.45) is 0. The zero-order valence-electron chi connectivity index (χ0n) is 8.75. The van der Waals surface area contributed by atoms with Crippen LogP contribution in [0.3, 0.4) is 0 Å². The number of hydrogen-bond acceptors (Lipinski definition) is 2. The molecule has 3 rings (SSSR count). The first-order valence-electron chi connectivity index (χ1n) is 5.54. The lowest BCUT2D eigenvalue weighted by atomic mass is 10.3. The van der Waals surface area contributed by atoms with Gasteiger partial charge in [-0.15, -0.1) is 0 Å². The fraction of sp³-hybridized carbons (Fsp3) is 0.500. The zero-order valence-corrected chi connectivity index (χ0v) is 10.3. The fourth-order valence-electron chi connectivity index (χ4n) is 2.57. The summed E-state index contributed by atoms with van der Waals surface area (Å²) in [5.74, 6) is 3.04. The predicted molar refractivity (Wildman–Crippen MR) is 65.3 cm³/mol. The highest BCUT2D eigenvalue weighted by Gasteiger charge is 2.52. The number of ether oxygens (including phenoxy) is 1. The van der Waals surface area contributed by atoms with Crippen LogP contribution in [-0.2, 0) is 0 Å². The molecule has 0 spiro atoms. The van der Waals surface area contributed by atoms with Gasteiger partial charge in [0.1, 0.15) is 5.75 Å². The van der Waals surface area contributed by atoms with E-state index >= 15 is 0 Å². The number of fused-ring (bicyclic) bond motifs is 1. The highest BCUT2D eigenvalue weighted by atomic mass is 35.5. The topological polar surface area (TPSA) is 21.3 Å². The lowest BCUT2D eigenvalue weighted by molar-refractivity contribution is 0.281. The van der Waals surface area contributed by atoms with Crippen LogP contribution in [0.4, 0.5) is 0 Å². The van der Waals surface area contributed by atoms with Crippen LogP contribution in [0.2, 0.25) is 10.0 Å². The third-order valence-corrected chi connectivity index (χ3v) is 4.14. The quantitative estimate of drug-likeness (QED) is 0.900. The van der Waals surface area contributed by atoms with Crippen LogP contribution in [0.15, 0.2) is 18.2 Å². The lowest BCUT2D eigenvalue weighted by Crippen LogP contribution is -2.17. The summed E-state index contributed by atoms with van der Waals surface area (Å²) in [4.78, 5) is 0.